The normalized spacial score (nSPS) is 14.3. The molecule has 1 saturated heterocycles. The van der Waals surface area contributed by atoms with Crippen LogP contribution in [-0.4, -0.2) is 63.6 Å². The van der Waals surface area contributed by atoms with Crippen molar-refractivity contribution in [3.05, 3.63) is 70.2 Å². The van der Waals surface area contributed by atoms with Gasteiger partial charge in [0.2, 0.25) is 11.8 Å². The second kappa shape index (κ2) is 13.7. The van der Waals surface area contributed by atoms with E-state index in [0.29, 0.717) is 29.7 Å². The minimum absolute atomic E-state index is 0.0134. The Labute approximate surface area is 249 Å². The van der Waals surface area contributed by atoms with Crippen LogP contribution in [0.1, 0.15) is 57.8 Å². The zero-order valence-electron chi connectivity index (χ0n) is 25.0. The predicted molar refractivity (Wildman–Crippen MR) is 161 cm³/mol. The second-order valence-electron chi connectivity index (χ2n) is 11.9. The van der Waals surface area contributed by atoms with Gasteiger partial charge in [-0.05, 0) is 73.4 Å². The molecule has 0 unspecified atom stereocenters. The van der Waals surface area contributed by atoms with E-state index in [2.05, 4.69) is 46.1 Å². The number of nitrogens with one attached hydrogen (secondary N) is 3. The van der Waals surface area contributed by atoms with Crippen molar-refractivity contribution >= 4 is 34.6 Å². The van der Waals surface area contributed by atoms with Gasteiger partial charge in [0.05, 0.1) is 24.7 Å². The molecular weight excluding hydrogens is 555 g/mol. The van der Waals surface area contributed by atoms with Crippen molar-refractivity contribution in [2.75, 3.05) is 25.5 Å². The molecule has 1 atom stereocenters. The lowest BCUT2D eigenvalue weighted by atomic mass is 9.87. The number of pyridine rings is 1. The van der Waals surface area contributed by atoms with E-state index in [-0.39, 0.29) is 35.8 Å². The van der Waals surface area contributed by atoms with Crippen LogP contribution in [0.15, 0.2) is 47.4 Å². The molecule has 4 rings (SSSR count). The van der Waals surface area contributed by atoms with E-state index in [1.165, 1.54) is 36.0 Å². The van der Waals surface area contributed by atoms with E-state index < -0.39 is 23.6 Å². The maximum absolute atomic E-state index is 14.3. The molecule has 1 aliphatic rings. The zero-order chi connectivity index (χ0) is 31.1. The molecule has 3 N–H and O–H groups in total. The Bertz CT molecular complexity index is 1560. The summed E-state index contributed by atoms with van der Waals surface area (Å²) < 4.78 is 20.4. The van der Waals surface area contributed by atoms with Gasteiger partial charge in [0, 0.05) is 19.3 Å². The fourth-order valence-electron chi connectivity index (χ4n) is 5.08. The van der Waals surface area contributed by atoms with Gasteiger partial charge in [-0.25, -0.2) is 14.2 Å². The lowest BCUT2D eigenvalue weighted by molar-refractivity contribution is -0.125. The summed E-state index contributed by atoms with van der Waals surface area (Å²) in [7, 11) is 1.19. The maximum Gasteiger partial charge on any atom is 0.407 e. The molecule has 3 amide bonds. The monoisotopic (exact) mass is 594 g/mol. The number of H-pyrrole nitrogens is 1. The number of carbonyl (C=O) groups excluding carboxylic acids is 3. The lowest BCUT2D eigenvalue weighted by Gasteiger charge is -2.18. The number of halogens is 1. The first kappa shape index (κ1) is 31.5. The molecule has 3 aromatic rings. The Hall–Kier alpha value is -4.48. The van der Waals surface area contributed by atoms with Gasteiger partial charge in [-0.15, -0.1) is 0 Å². The number of imidazole rings is 1. The quantitative estimate of drug-likeness (QED) is 0.302. The van der Waals surface area contributed by atoms with Crippen molar-refractivity contribution in [2.45, 2.75) is 65.5 Å². The number of likely N-dealkylation sites (tertiary alicyclic amines) is 1. The highest BCUT2D eigenvalue weighted by molar-refractivity contribution is 5.96. The molecule has 0 radical (unpaired) electrons. The zero-order valence-corrected chi connectivity index (χ0v) is 25.0. The molecule has 43 heavy (non-hydrogen) atoms. The molecule has 11 nitrogen and oxygen atoms in total. The number of carbonyl (C=O) groups is 3. The van der Waals surface area contributed by atoms with Gasteiger partial charge in [-0.3, -0.25) is 14.4 Å². The van der Waals surface area contributed by atoms with E-state index >= 15 is 0 Å². The number of aromatic amines is 1. The van der Waals surface area contributed by atoms with Crippen LogP contribution in [0.3, 0.4) is 0 Å². The molecule has 1 aliphatic heterocycles. The largest absolute Gasteiger partial charge is 0.453 e. The third kappa shape index (κ3) is 8.52. The number of anilines is 1. The van der Waals surface area contributed by atoms with Crippen molar-refractivity contribution in [3.63, 3.8) is 0 Å². The van der Waals surface area contributed by atoms with E-state index in [4.69, 9.17) is 0 Å². The molecule has 3 heterocycles. The van der Waals surface area contributed by atoms with Crippen LogP contribution >= 0.6 is 0 Å². The Morgan fingerprint density at radius 3 is 2.65 bits per heavy atom. The molecule has 2 aromatic heterocycles. The highest BCUT2D eigenvalue weighted by atomic mass is 19.1. The number of hydrogen-bond acceptors (Lipinski definition) is 6. The SMILES string of the molecule is COC(=O)N[C@@H](CC/C=C/C(=O)N1CCCC1)C(=O)Nc1cccn(Cc2nc3c(CC(C)(C)C)cc(F)cc3[nH]2)c1=O. The standard InChI is InChI=1S/C31H39FN6O5/c1-31(2,3)18-20-16-21(32)17-24-27(20)36-25(33-24)19-38-15-9-11-23(29(38)41)34-28(40)22(35-30(42)43-4)10-5-6-12-26(39)37-13-7-8-14-37/h6,9,11-12,15-17,22H,5,7-8,10,13-14,18-19H2,1-4H3,(H,33,36)(H,34,40)(H,35,42)/b12-6+/t22-/m0/s1. The van der Waals surface area contributed by atoms with Crippen LogP contribution in [0, 0.1) is 11.2 Å². The van der Waals surface area contributed by atoms with Gasteiger partial charge >= 0.3 is 6.09 Å². The van der Waals surface area contributed by atoms with Crippen molar-refractivity contribution < 1.29 is 23.5 Å². The fraction of sp³-hybridized carbons (Fsp3) is 0.452. The summed E-state index contributed by atoms with van der Waals surface area (Å²) in [5.74, 6) is -0.593. The number of amides is 3. The first-order chi connectivity index (χ1) is 20.4. The number of aromatic nitrogens is 3. The molecule has 230 valence electrons. The van der Waals surface area contributed by atoms with E-state index in [9.17, 15) is 23.6 Å². The minimum atomic E-state index is -1.02. The summed E-state index contributed by atoms with van der Waals surface area (Å²) in [6, 6.07) is 4.93. The van der Waals surface area contributed by atoms with Gasteiger partial charge in [-0.2, -0.15) is 0 Å². The van der Waals surface area contributed by atoms with Gasteiger partial charge in [0.15, 0.2) is 0 Å². The van der Waals surface area contributed by atoms with Gasteiger partial charge in [0.25, 0.3) is 5.56 Å². The Morgan fingerprint density at radius 2 is 1.95 bits per heavy atom. The molecule has 0 spiro atoms. The molecule has 1 aromatic carbocycles. The Kier molecular flexibility index (Phi) is 9.99. The molecule has 0 bridgehead atoms. The average molecular weight is 595 g/mol. The number of fused-ring (bicyclic) bond motifs is 1. The summed E-state index contributed by atoms with van der Waals surface area (Å²) >= 11 is 0. The first-order valence-electron chi connectivity index (χ1n) is 14.4. The van der Waals surface area contributed by atoms with Crippen molar-refractivity contribution in [3.8, 4) is 0 Å². The Balaban J connectivity index is 1.47. The number of benzene rings is 1. The summed E-state index contributed by atoms with van der Waals surface area (Å²) in [4.78, 5) is 60.1. The van der Waals surface area contributed by atoms with E-state index in [1.54, 1.807) is 23.2 Å². The number of rotatable bonds is 10. The topological polar surface area (TPSA) is 138 Å². The minimum Gasteiger partial charge on any atom is -0.453 e. The smallest absolute Gasteiger partial charge is 0.407 e. The number of methoxy groups -OCH3 is 1. The van der Waals surface area contributed by atoms with Crippen molar-refractivity contribution in [1.82, 2.24) is 24.8 Å². The third-order valence-electron chi connectivity index (χ3n) is 7.09. The number of ether oxygens (including phenoxy) is 1. The highest BCUT2D eigenvalue weighted by Gasteiger charge is 2.23. The first-order valence-corrected chi connectivity index (χ1v) is 14.4. The van der Waals surface area contributed by atoms with Gasteiger partial charge in [-0.1, -0.05) is 26.8 Å². The summed E-state index contributed by atoms with van der Waals surface area (Å²) in [5.41, 5.74) is 1.42. The number of nitrogens with zero attached hydrogens (tertiary/aromatic N) is 3. The van der Waals surface area contributed by atoms with Crippen LogP contribution in [0.4, 0.5) is 14.9 Å². The number of alkyl carbamates (subject to hydrolysis) is 1. The van der Waals surface area contributed by atoms with Crippen LogP contribution in [0.5, 0.6) is 0 Å². The maximum atomic E-state index is 14.3. The fourth-order valence-corrected chi connectivity index (χ4v) is 5.08. The van der Waals surface area contributed by atoms with E-state index in [0.717, 1.165) is 31.5 Å². The van der Waals surface area contributed by atoms with Crippen molar-refractivity contribution in [1.29, 1.82) is 0 Å². The van der Waals surface area contributed by atoms with Crippen molar-refractivity contribution in [2.24, 2.45) is 5.41 Å². The second-order valence-corrected chi connectivity index (χ2v) is 11.9. The van der Waals surface area contributed by atoms with Crippen LogP contribution < -0.4 is 16.2 Å². The Morgan fingerprint density at radius 1 is 1.21 bits per heavy atom. The lowest BCUT2D eigenvalue weighted by Crippen LogP contribution is -2.44. The third-order valence-corrected chi connectivity index (χ3v) is 7.09. The predicted octanol–water partition coefficient (Wildman–Crippen LogP) is 4.12. The van der Waals surface area contributed by atoms with Crippen LogP contribution in [0.25, 0.3) is 11.0 Å². The van der Waals surface area contributed by atoms with Crippen LogP contribution in [-0.2, 0) is 27.3 Å². The average Bonchev–Trinajstić information content (AvgIpc) is 3.62. The number of hydrogen-bond donors (Lipinski definition) is 3. The molecule has 0 aliphatic carbocycles. The molecule has 1 fully saturated rings. The highest BCUT2D eigenvalue weighted by Crippen LogP contribution is 2.27. The summed E-state index contributed by atoms with van der Waals surface area (Å²) in [6.45, 7) is 7.73. The van der Waals surface area contributed by atoms with Gasteiger partial charge < -0.3 is 29.8 Å². The summed E-state index contributed by atoms with van der Waals surface area (Å²) in [6.07, 6.45) is 7.03. The molecular formula is C31H39FN6O5. The summed E-state index contributed by atoms with van der Waals surface area (Å²) in [5, 5.41) is 5.09. The molecule has 0 saturated carbocycles. The molecule has 12 heteroatoms. The number of allylic oxidation sites excluding steroid dienone is 1. The van der Waals surface area contributed by atoms with Crippen LogP contribution in [0.2, 0.25) is 0 Å². The van der Waals surface area contributed by atoms with Gasteiger partial charge in [0.1, 0.15) is 23.4 Å². The van der Waals surface area contributed by atoms with E-state index in [1.807, 2.05) is 0 Å².